The van der Waals surface area contributed by atoms with Crippen molar-refractivity contribution < 1.29 is 18.3 Å². The van der Waals surface area contributed by atoms with Crippen molar-refractivity contribution in [3.05, 3.63) is 68.2 Å². The first kappa shape index (κ1) is 23.3. The van der Waals surface area contributed by atoms with E-state index in [-0.39, 0.29) is 45.3 Å². The summed E-state index contributed by atoms with van der Waals surface area (Å²) in [6.45, 7) is 5.11. The van der Waals surface area contributed by atoms with Gasteiger partial charge in [-0.15, -0.1) is 0 Å². The maximum Gasteiger partial charge on any atom is 0.410 e. The van der Waals surface area contributed by atoms with Crippen molar-refractivity contribution in [1.82, 2.24) is 14.9 Å². The van der Waals surface area contributed by atoms with Gasteiger partial charge in [0.1, 0.15) is 22.5 Å². The number of rotatable bonds is 3. The van der Waals surface area contributed by atoms with E-state index in [0.29, 0.717) is 0 Å². The fourth-order valence-electron chi connectivity index (χ4n) is 3.81. The molecule has 33 heavy (non-hydrogen) atoms. The van der Waals surface area contributed by atoms with E-state index >= 15 is 0 Å². The van der Waals surface area contributed by atoms with E-state index in [1.54, 1.807) is 20.8 Å². The number of likely N-dealkylation sites (tertiary alicyclic amines) is 1. The Bertz CT molecular complexity index is 1320. The van der Waals surface area contributed by atoms with Crippen LogP contribution in [-0.2, 0) is 10.3 Å². The zero-order valence-corrected chi connectivity index (χ0v) is 19.4. The average molecular weight is 497 g/mol. The molecule has 0 saturated carbocycles. The lowest BCUT2D eigenvalue weighted by atomic mass is 9.81. The third kappa shape index (κ3) is 4.35. The van der Waals surface area contributed by atoms with Crippen LogP contribution in [0.1, 0.15) is 26.3 Å². The molecule has 3 aromatic rings. The molecule has 7 nitrogen and oxygen atoms in total. The van der Waals surface area contributed by atoms with Crippen molar-refractivity contribution in [2.24, 2.45) is 0 Å². The van der Waals surface area contributed by atoms with E-state index in [0.717, 1.165) is 12.4 Å². The lowest BCUT2D eigenvalue weighted by Crippen LogP contribution is -2.66. The van der Waals surface area contributed by atoms with Crippen molar-refractivity contribution in [1.29, 1.82) is 0 Å². The summed E-state index contributed by atoms with van der Waals surface area (Å²) < 4.78 is 35.1. The SMILES string of the molecule is CC(C)(C)OC(=O)N1CC(Nc2cc(F)c3nc[nH]c(=O)c3c2)(c2c(F)ccc(Cl)c2Cl)C1. The monoisotopic (exact) mass is 496 g/mol. The summed E-state index contributed by atoms with van der Waals surface area (Å²) in [6.07, 6.45) is 0.512. The number of fused-ring (bicyclic) bond motifs is 1. The number of amides is 1. The van der Waals surface area contributed by atoms with E-state index in [4.69, 9.17) is 27.9 Å². The van der Waals surface area contributed by atoms with Gasteiger partial charge < -0.3 is 19.9 Å². The average Bonchev–Trinajstić information content (AvgIpc) is 2.68. The first-order valence-corrected chi connectivity index (χ1v) is 10.7. The van der Waals surface area contributed by atoms with Gasteiger partial charge in [-0.3, -0.25) is 4.79 Å². The second-order valence-electron chi connectivity index (χ2n) is 8.85. The molecule has 174 valence electrons. The summed E-state index contributed by atoms with van der Waals surface area (Å²) in [5, 5.41) is 3.17. The molecule has 2 aromatic carbocycles. The van der Waals surface area contributed by atoms with Gasteiger partial charge in [0.15, 0.2) is 5.82 Å². The Morgan fingerprint density at radius 2 is 1.91 bits per heavy atom. The van der Waals surface area contributed by atoms with Crippen molar-refractivity contribution in [2.45, 2.75) is 31.9 Å². The number of carbonyl (C=O) groups excluding carboxylic acids is 1. The highest BCUT2D eigenvalue weighted by molar-refractivity contribution is 6.42. The van der Waals surface area contributed by atoms with E-state index in [1.165, 1.54) is 23.1 Å². The number of aromatic amines is 1. The zero-order valence-electron chi connectivity index (χ0n) is 17.9. The van der Waals surface area contributed by atoms with Crippen LogP contribution in [0.2, 0.25) is 10.0 Å². The van der Waals surface area contributed by atoms with Crippen molar-refractivity contribution in [2.75, 3.05) is 18.4 Å². The normalized spacial score (nSPS) is 15.3. The molecule has 2 heterocycles. The molecule has 1 aliphatic heterocycles. The fraction of sp³-hybridized carbons (Fsp3) is 0.318. The highest BCUT2D eigenvalue weighted by atomic mass is 35.5. The molecular weight excluding hydrogens is 477 g/mol. The summed E-state index contributed by atoms with van der Waals surface area (Å²) in [6, 6.07) is 5.03. The molecular formula is C22H20Cl2F2N4O3. The first-order valence-electron chi connectivity index (χ1n) is 9.97. The van der Waals surface area contributed by atoms with E-state index < -0.39 is 34.4 Å². The molecule has 0 radical (unpaired) electrons. The zero-order chi connectivity index (χ0) is 24.1. The summed E-state index contributed by atoms with van der Waals surface area (Å²) >= 11 is 12.5. The smallest absolute Gasteiger partial charge is 0.410 e. The molecule has 0 unspecified atom stereocenters. The molecule has 0 bridgehead atoms. The molecule has 1 amide bonds. The fourth-order valence-corrected chi connectivity index (χ4v) is 4.30. The van der Waals surface area contributed by atoms with Crippen LogP contribution < -0.4 is 10.9 Å². The summed E-state index contributed by atoms with van der Waals surface area (Å²) in [7, 11) is 0. The second kappa shape index (κ2) is 8.14. The Labute approximate surface area is 197 Å². The number of aromatic nitrogens is 2. The van der Waals surface area contributed by atoms with Gasteiger partial charge in [0.2, 0.25) is 0 Å². The summed E-state index contributed by atoms with van der Waals surface area (Å²) in [4.78, 5) is 32.3. The molecule has 0 atom stereocenters. The minimum absolute atomic E-state index is 0.0103. The van der Waals surface area contributed by atoms with Crippen LogP contribution in [0.3, 0.4) is 0 Å². The van der Waals surface area contributed by atoms with Gasteiger partial charge in [-0.05, 0) is 45.0 Å². The summed E-state index contributed by atoms with van der Waals surface area (Å²) in [5.74, 6) is -1.39. The van der Waals surface area contributed by atoms with Crippen LogP contribution in [0, 0.1) is 11.6 Å². The predicted molar refractivity (Wildman–Crippen MR) is 122 cm³/mol. The molecule has 4 rings (SSSR count). The molecule has 1 saturated heterocycles. The maximum absolute atomic E-state index is 15.0. The van der Waals surface area contributed by atoms with Gasteiger partial charge in [0, 0.05) is 11.3 Å². The molecule has 0 spiro atoms. The maximum atomic E-state index is 15.0. The Hall–Kier alpha value is -2.91. The number of halogens is 4. The van der Waals surface area contributed by atoms with Gasteiger partial charge in [-0.2, -0.15) is 0 Å². The number of hydrogen-bond donors (Lipinski definition) is 2. The Morgan fingerprint density at radius 1 is 1.21 bits per heavy atom. The Morgan fingerprint density at radius 3 is 2.58 bits per heavy atom. The van der Waals surface area contributed by atoms with Crippen LogP contribution in [-0.4, -0.2) is 39.7 Å². The highest BCUT2D eigenvalue weighted by Crippen LogP contribution is 2.43. The van der Waals surface area contributed by atoms with Gasteiger partial charge >= 0.3 is 6.09 Å². The van der Waals surface area contributed by atoms with Gasteiger partial charge in [-0.1, -0.05) is 23.2 Å². The highest BCUT2D eigenvalue weighted by Gasteiger charge is 2.50. The van der Waals surface area contributed by atoms with Crippen LogP contribution in [0.4, 0.5) is 19.3 Å². The number of carbonyl (C=O) groups is 1. The molecule has 1 aromatic heterocycles. The number of nitrogens with zero attached hydrogens (tertiary/aromatic N) is 2. The number of hydrogen-bond acceptors (Lipinski definition) is 5. The molecule has 1 fully saturated rings. The van der Waals surface area contributed by atoms with Gasteiger partial charge in [0.05, 0.1) is 34.8 Å². The molecule has 0 aliphatic carbocycles. The Balaban J connectivity index is 1.77. The number of H-pyrrole nitrogens is 1. The minimum Gasteiger partial charge on any atom is -0.444 e. The third-order valence-electron chi connectivity index (χ3n) is 5.18. The van der Waals surface area contributed by atoms with Crippen LogP contribution in [0.25, 0.3) is 10.9 Å². The van der Waals surface area contributed by atoms with Gasteiger partial charge in [0.25, 0.3) is 5.56 Å². The number of nitrogens with one attached hydrogen (secondary N) is 2. The number of ether oxygens (including phenoxy) is 1. The van der Waals surface area contributed by atoms with Gasteiger partial charge in [-0.25, -0.2) is 18.6 Å². The van der Waals surface area contributed by atoms with E-state index in [9.17, 15) is 18.4 Å². The van der Waals surface area contributed by atoms with Crippen molar-refractivity contribution >= 4 is 45.9 Å². The van der Waals surface area contributed by atoms with Crippen LogP contribution >= 0.6 is 23.2 Å². The topological polar surface area (TPSA) is 87.3 Å². The first-order chi connectivity index (χ1) is 15.4. The third-order valence-corrected chi connectivity index (χ3v) is 5.98. The van der Waals surface area contributed by atoms with Crippen molar-refractivity contribution in [3.63, 3.8) is 0 Å². The number of anilines is 1. The molecule has 2 N–H and O–H groups in total. The molecule has 11 heteroatoms. The largest absolute Gasteiger partial charge is 0.444 e. The Kier molecular flexibility index (Phi) is 5.74. The second-order valence-corrected chi connectivity index (χ2v) is 9.63. The standard InChI is InChI=1S/C22H20Cl2F2N4O3/c1-21(2,3)33-20(32)30-8-22(9-30,16-14(25)5-4-13(23)17(16)24)29-11-6-12-18(15(26)7-11)27-10-28-19(12)31/h4-7,10,29H,8-9H2,1-3H3,(H,27,28,31). The quantitative estimate of drug-likeness (QED) is 0.494. The molecule has 1 aliphatic rings. The van der Waals surface area contributed by atoms with Crippen LogP contribution in [0.15, 0.2) is 35.4 Å². The minimum atomic E-state index is -1.25. The van der Waals surface area contributed by atoms with Crippen molar-refractivity contribution in [3.8, 4) is 0 Å². The van der Waals surface area contributed by atoms with Crippen LogP contribution in [0.5, 0.6) is 0 Å². The lowest BCUT2D eigenvalue weighted by Gasteiger charge is -2.51. The number of benzene rings is 2. The lowest BCUT2D eigenvalue weighted by molar-refractivity contribution is -0.00535. The predicted octanol–water partition coefficient (Wildman–Crippen LogP) is 5.07. The summed E-state index contributed by atoms with van der Waals surface area (Å²) in [5.41, 5.74) is -2.41. The van der Waals surface area contributed by atoms with E-state index in [1.807, 2.05) is 0 Å². The van der Waals surface area contributed by atoms with E-state index in [2.05, 4.69) is 15.3 Å².